The van der Waals surface area contributed by atoms with E-state index in [0.29, 0.717) is 0 Å². The fourth-order valence-corrected chi connectivity index (χ4v) is 0.262. The summed E-state index contributed by atoms with van der Waals surface area (Å²) >= 11 is -0.420. The molecule has 97 valence electrons. The molecule has 1 heterocycles. The van der Waals surface area contributed by atoms with Crippen molar-refractivity contribution in [1.29, 1.82) is 0 Å². The normalized spacial score (nSPS) is 5.06. The van der Waals surface area contributed by atoms with Crippen LogP contribution in [0.5, 0.6) is 0 Å². The van der Waals surface area contributed by atoms with Crippen LogP contribution in [0, 0.1) is 0 Å². The molecule has 0 aromatic carbocycles. The second-order valence-corrected chi connectivity index (χ2v) is 1.25. The first-order valence-electron chi connectivity index (χ1n) is 1.08. The van der Waals surface area contributed by atoms with Crippen molar-refractivity contribution in [2.75, 3.05) is 0 Å². The van der Waals surface area contributed by atoms with E-state index < -0.39 is 22.0 Å². The predicted octanol–water partition coefficient (Wildman–Crippen LogP) is -4.99. The molecule has 1 fully saturated rings. The minimum absolute atomic E-state index is 0. The van der Waals surface area contributed by atoms with Gasteiger partial charge in [0.25, 0.3) is 0 Å². The quantitative estimate of drug-likeness (QED) is 0.385. The second kappa shape index (κ2) is 83.0. The Kier molecular flexibility index (Phi) is 634. The van der Waals surface area contributed by atoms with Gasteiger partial charge in [-0.05, 0) is 0 Å². The second-order valence-electron chi connectivity index (χ2n) is 0.582. The zero-order valence-corrected chi connectivity index (χ0v) is 14.0. The maximum Gasteiger partial charge on any atom is 2.00 e. The topological polar surface area (TPSA) is 310 Å². The van der Waals surface area contributed by atoms with E-state index in [4.69, 9.17) is 0 Å². The van der Waals surface area contributed by atoms with Crippen LogP contribution in [0.2, 0.25) is 0 Å². The molecule has 1 saturated heterocycles. The van der Waals surface area contributed by atoms with E-state index in [-0.39, 0.29) is 118 Å². The van der Waals surface area contributed by atoms with Crippen LogP contribution in [0.3, 0.4) is 0 Å². The Labute approximate surface area is 151 Å². The van der Waals surface area contributed by atoms with E-state index in [9.17, 15) is 4.79 Å². The molecule has 1 rings (SSSR count). The molecule has 1 radical (unpaired) electrons. The first-order valence-corrected chi connectivity index (χ1v) is 2.03. The predicted molar refractivity (Wildman–Crippen MR) is 53.0 cm³/mol. The van der Waals surface area contributed by atoms with E-state index >= 15 is 0 Å². The maximum absolute atomic E-state index is 9.48. The van der Waals surface area contributed by atoms with Crippen LogP contribution in [-0.2, 0) is 7.58 Å². The summed E-state index contributed by atoms with van der Waals surface area (Å²) in [5.41, 5.74) is 0. The summed E-state index contributed by atoms with van der Waals surface area (Å²) in [6, 6.07) is 0. The third-order valence-corrected chi connectivity index (χ3v) is 0.866. The van der Waals surface area contributed by atoms with Gasteiger partial charge in [0.15, 0.2) is 0 Å². The van der Waals surface area contributed by atoms with Crippen LogP contribution in [0.15, 0.2) is 0 Å². The summed E-state index contributed by atoms with van der Waals surface area (Å²) in [4.78, 5) is 9.48. The molecule has 0 atom stereocenters. The third-order valence-electron chi connectivity index (χ3n) is 0.289. The number of rotatable bonds is 0. The molecular weight excluding hydrogens is 304 g/mol. The van der Waals surface area contributed by atoms with Crippen molar-refractivity contribution in [2.45, 2.75) is 0 Å². The average molecular weight is 316 g/mol. The van der Waals surface area contributed by atoms with E-state index in [2.05, 4.69) is 7.58 Å². The molecule has 0 bridgehead atoms. The Morgan fingerprint density at radius 2 is 0.765 bits per heavy atom. The molecule has 0 spiro atoms. The van der Waals surface area contributed by atoms with Gasteiger partial charge in [0.2, 0.25) is 0 Å². The minimum Gasteiger partial charge on any atom is -0.870 e. The molecule has 1 aliphatic heterocycles. The largest absolute Gasteiger partial charge is 2.00 e. The standard InChI is InChI=1S/CH2O3.Al.3Mg.9H2O/c2-1(3)4;;;;;;;;;;;;;/h(H2,2,3,4);;;;;9*1H2/q;4*+2;;;;;;;;;/p-8. The van der Waals surface area contributed by atoms with Crippen molar-refractivity contribution in [1.82, 2.24) is 0 Å². The fourth-order valence-electron chi connectivity index (χ4n) is 0.0874. The smallest absolute Gasteiger partial charge is 0.870 e. The fraction of sp³-hybridized carbons (Fsp3) is 0. The van der Waals surface area contributed by atoms with Crippen molar-refractivity contribution >= 4 is 91.2 Å². The molecule has 0 aromatic heterocycles. The van der Waals surface area contributed by atoms with Crippen molar-refractivity contribution in [2.24, 2.45) is 0 Å². The molecule has 0 aromatic rings. The Bertz CT molecular complexity index is 68.8. The first kappa shape index (κ1) is 130. The average Bonchev–Trinajstić information content (AvgIpc) is 1.30. The third kappa shape index (κ3) is 73.4. The molecule has 12 N–H and O–H groups in total. The Morgan fingerprint density at radius 1 is 0.647 bits per heavy atom. The van der Waals surface area contributed by atoms with Gasteiger partial charge in [0.1, 0.15) is 0 Å². The summed E-state index contributed by atoms with van der Waals surface area (Å²) in [5, 5.41) is 0. The molecule has 16 heteroatoms. The monoisotopic (exact) mass is 315 g/mol. The van der Waals surface area contributed by atoms with E-state index in [1.807, 2.05) is 0 Å². The number of carbonyl (C=O) groups excluding carboxylic acids is 1. The van der Waals surface area contributed by atoms with Crippen molar-refractivity contribution in [3.63, 3.8) is 0 Å². The summed E-state index contributed by atoms with van der Waals surface area (Å²) in [6.45, 7) is 0. The van der Waals surface area contributed by atoms with E-state index in [1.165, 1.54) is 0 Å². The van der Waals surface area contributed by atoms with Gasteiger partial charge in [-0.1, -0.05) is 0 Å². The van der Waals surface area contributed by atoms with Gasteiger partial charge >= 0.3 is 91.2 Å². The Hall–Kier alpha value is 1.74. The summed E-state index contributed by atoms with van der Waals surface area (Å²) < 4.78 is 8.31. The summed E-state index contributed by atoms with van der Waals surface area (Å²) in [6.07, 6.45) is -0.528. The SMILES string of the molecule is O.O.O.O=C1[O][Al][O]1.[Mg+2].[Mg+2].[Mg+2].[OH-].[OH-].[OH-].[OH-].[OH-].[OH-]. The number of carbonyl (C=O) groups is 1. The van der Waals surface area contributed by atoms with Crippen molar-refractivity contribution in [3.05, 3.63) is 0 Å². The van der Waals surface area contributed by atoms with Crippen LogP contribution < -0.4 is 0 Å². The molecule has 0 aliphatic carbocycles. The first-order chi connectivity index (χ1) is 2.39. The van der Waals surface area contributed by atoms with Gasteiger partial charge in [-0.2, -0.15) is 0 Å². The number of hydrogen-bond acceptors (Lipinski definition) is 9. The minimum atomic E-state index is -0.528. The molecule has 0 unspecified atom stereocenters. The Balaban J connectivity index is -0.00000000208. The van der Waals surface area contributed by atoms with Crippen LogP contribution in [-0.4, -0.2) is 140 Å². The van der Waals surface area contributed by atoms with Gasteiger partial charge in [0, 0.05) is 0 Å². The van der Waals surface area contributed by atoms with Crippen LogP contribution in [0.4, 0.5) is 4.79 Å². The molecule has 0 amide bonds. The molecule has 12 nitrogen and oxygen atoms in total. The molecule has 0 saturated carbocycles. The molecule has 17 heavy (non-hydrogen) atoms. The van der Waals surface area contributed by atoms with Gasteiger partial charge in [0.05, 0.1) is 0 Å². The van der Waals surface area contributed by atoms with E-state index in [0.717, 1.165) is 0 Å². The zero-order chi connectivity index (χ0) is 3.70. The van der Waals surface area contributed by atoms with Gasteiger partial charge in [-0.3, -0.25) is 0 Å². The zero-order valence-electron chi connectivity index (χ0n) is 8.61. The van der Waals surface area contributed by atoms with E-state index in [1.54, 1.807) is 0 Å². The van der Waals surface area contributed by atoms with Crippen LogP contribution in [0.1, 0.15) is 0 Å². The van der Waals surface area contributed by atoms with Gasteiger partial charge in [-0.25, -0.2) is 4.79 Å². The number of hydrogen-bond donors (Lipinski definition) is 0. The molecular formula is CH12AlMg3O12. The van der Waals surface area contributed by atoms with Crippen molar-refractivity contribution in [3.8, 4) is 0 Å². The van der Waals surface area contributed by atoms with Crippen LogP contribution >= 0.6 is 0 Å². The summed E-state index contributed by atoms with van der Waals surface area (Å²) in [5.74, 6) is 0. The maximum atomic E-state index is 9.48. The summed E-state index contributed by atoms with van der Waals surface area (Å²) in [7, 11) is 0. The van der Waals surface area contributed by atoms with Gasteiger partial charge < -0.3 is 56.9 Å². The van der Waals surface area contributed by atoms with Crippen molar-refractivity contribution < 1.29 is 61.7 Å². The molecule has 1 aliphatic rings. The van der Waals surface area contributed by atoms with Crippen LogP contribution in [0.25, 0.3) is 0 Å². The van der Waals surface area contributed by atoms with Gasteiger partial charge in [-0.15, -0.1) is 0 Å². The Morgan fingerprint density at radius 3 is 0.765 bits per heavy atom.